The van der Waals surface area contributed by atoms with Crippen molar-refractivity contribution in [1.82, 2.24) is 9.78 Å². The molecule has 7 heteroatoms. The maximum absolute atomic E-state index is 13.7. The number of rotatable bonds is 6. The molecule has 0 radical (unpaired) electrons. The van der Waals surface area contributed by atoms with Gasteiger partial charge in [0, 0.05) is 37.3 Å². The van der Waals surface area contributed by atoms with Crippen LogP contribution in [-0.4, -0.2) is 27.0 Å². The van der Waals surface area contributed by atoms with Gasteiger partial charge in [-0.1, -0.05) is 12.1 Å². The van der Waals surface area contributed by atoms with Crippen LogP contribution in [-0.2, 0) is 31.1 Å². The number of benzene rings is 3. The third-order valence-corrected chi connectivity index (χ3v) is 6.21. The van der Waals surface area contributed by atoms with Crippen LogP contribution in [0.3, 0.4) is 0 Å². The van der Waals surface area contributed by atoms with E-state index in [2.05, 4.69) is 5.10 Å². The van der Waals surface area contributed by atoms with Crippen molar-refractivity contribution in [2.45, 2.75) is 31.8 Å². The molecule has 0 fully saturated rings. The van der Waals surface area contributed by atoms with Crippen molar-refractivity contribution in [3.05, 3.63) is 77.2 Å². The summed E-state index contributed by atoms with van der Waals surface area (Å²) in [7, 11) is 1.89. The lowest BCUT2D eigenvalue weighted by atomic mass is 9.97. The summed E-state index contributed by atoms with van der Waals surface area (Å²) in [5, 5.41) is 14.4. The second kappa shape index (κ2) is 8.24. The Balaban J connectivity index is 1.53. The van der Waals surface area contributed by atoms with Crippen LogP contribution in [0.25, 0.3) is 22.0 Å². The number of nitrogen functional groups attached to an aromatic ring is 1. The molecule has 3 aromatic carbocycles. The zero-order valence-corrected chi connectivity index (χ0v) is 18.2. The summed E-state index contributed by atoms with van der Waals surface area (Å²) in [4.78, 5) is 11.1. The Morgan fingerprint density at radius 2 is 2.00 bits per heavy atom. The van der Waals surface area contributed by atoms with Gasteiger partial charge in [-0.25, -0.2) is 4.39 Å². The first-order valence-electron chi connectivity index (χ1n) is 10.9. The van der Waals surface area contributed by atoms with Crippen molar-refractivity contribution >= 4 is 22.6 Å². The molecule has 1 aliphatic carbocycles. The fraction of sp³-hybridized carbons (Fsp3) is 0.231. The quantitative estimate of drug-likeness (QED) is 0.426. The molecule has 3 N–H and O–H groups in total. The fourth-order valence-corrected chi connectivity index (χ4v) is 4.58. The number of aliphatic carboxylic acids is 1. The minimum atomic E-state index is -0.858. The molecule has 33 heavy (non-hydrogen) atoms. The molecule has 0 saturated carbocycles. The SMILES string of the molecule is Cn1ncc2cc(-c3cc(CCC(=O)O)cc(N)c3OC3Cc4ccc(F)cc4C3)ccc21. The zero-order valence-electron chi connectivity index (χ0n) is 18.2. The Kier molecular flexibility index (Phi) is 5.24. The van der Waals surface area contributed by atoms with Gasteiger partial charge in [0.15, 0.2) is 0 Å². The Morgan fingerprint density at radius 1 is 1.18 bits per heavy atom. The van der Waals surface area contributed by atoms with Crippen LogP contribution in [0.4, 0.5) is 10.1 Å². The van der Waals surface area contributed by atoms with Crippen LogP contribution in [0, 0.1) is 5.82 Å². The summed E-state index contributed by atoms with van der Waals surface area (Å²) in [6.45, 7) is 0. The van der Waals surface area contributed by atoms with Crippen LogP contribution in [0.5, 0.6) is 5.75 Å². The van der Waals surface area contributed by atoms with Gasteiger partial charge in [0.2, 0.25) is 0 Å². The van der Waals surface area contributed by atoms with E-state index in [4.69, 9.17) is 15.6 Å². The maximum atomic E-state index is 13.7. The molecule has 6 nitrogen and oxygen atoms in total. The van der Waals surface area contributed by atoms with Crippen LogP contribution >= 0.6 is 0 Å². The molecule has 0 saturated heterocycles. The highest BCUT2D eigenvalue weighted by atomic mass is 19.1. The summed E-state index contributed by atoms with van der Waals surface area (Å²) >= 11 is 0. The molecule has 5 rings (SSSR count). The topological polar surface area (TPSA) is 90.4 Å². The average Bonchev–Trinajstić information content (AvgIpc) is 3.35. The van der Waals surface area contributed by atoms with Gasteiger partial charge in [0.05, 0.1) is 17.4 Å². The highest BCUT2D eigenvalue weighted by molar-refractivity contribution is 5.87. The van der Waals surface area contributed by atoms with Crippen molar-refractivity contribution in [3.63, 3.8) is 0 Å². The Hall–Kier alpha value is -3.87. The van der Waals surface area contributed by atoms with Crippen molar-refractivity contribution < 1.29 is 19.0 Å². The molecule has 168 valence electrons. The lowest BCUT2D eigenvalue weighted by molar-refractivity contribution is -0.136. The van der Waals surface area contributed by atoms with Crippen molar-refractivity contribution in [2.75, 3.05) is 5.73 Å². The number of carboxylic acids is 1. The number of aromatic nitrogens is 2. The van der Waals surface area contributed by atoms with Gasteiger partial charge in [0.1, 0.15) is 17.7 Å². The third kappa shape index (κ3) is 4.14. The smallest absolute Gasteiger partial charge is 0.303 e. The highest BCUT2D eigenvalue weighted by Crippen LogP contribution is 2.40. The molecule has 1 unspecified atom stereocenters. The van der Waals surface area contributed by atoms with E-state index in [1.807, 2.05) is 42.1 Å². The number of hydrogen-bond acceptors (Lipinski definition) is 4. The van der Waals surface area contributed by atoms with Gasteiger partial charge in [-0.3, -0.25) is 9.48 Å². The molecule has 1 atom stereocenters. The van der Waals surface area contributed by atoms with Gasteiger partial charge in [-0.2, -0.15) is 5.10 Å². The van der Waals surface area contributed by atoms with Crippen molar-refractivity contribution in [3.8, 4) is 16.9 Å². The minimum Gasteiger partial charge on any atom is -0.487 e. The molecule has 4 aromatic rings. The van der Waals surface area contributed by atoms with Gasteiger partial charge in [-0.15, -0.1) is 0 Å². The number of nitrogens with two attached hydrogens (primary N) is 1. The summed E-state index contributed by atoms with van der Waals surface area (Å²) in [6.07, 6.45) is 3.32. The molecular weight excluding hydrogens is 421 g/mol. The van der Waals surface area contributed by atoms with Gasteiger partial charge in [-0.05, 0) is 65.1 Å². The van der Waals surface area contributed by atoms with E-state index < -0.39 is 5.97 Å². The lowest BCUT2D eigenvalue weighted by Gasteiger charge is -2.20. The molecule has 0 amide bonds. The molecule has 1 aliphatic rings. The normalized spacial score (nSPS) is 15.0. The molecule has 1 heterocycles. The molecule has 0 aliphatic heterocycles. The number of aryl methyl sites for hydroxylation is 2. The van der Waals surface area contributed by atoms with E-state index >= 15 is 0 Å². The molecule has 1 aromatic heterocycles. The minimum absolute atomic E-state index is 0.0181. The molecular formula is C26H24FN3O3. The number of ether oxygens (including phenoxy) is 1. The largest absolute Gasteiger partial charge is 0.487 e. The Morgan fingerprint density at radius 3 is 2.82 bits per heavy atom. The number of nitrogens with zero attached hydrogens (tertiary/aromatic N) is 2. The average molecular weight is 445 g/mol. The monoisotopic (exact) mass is 445 g/mol. The van der Waals surface area contributed by atoms with Gasteiger partial charge < -0.3 is 15.6 Å². The Labute approximate surface area is 190 Å². The lowest BCUT2D eigenvalue weighted by Crippen LogP contribution is -2.18. The summed E-state index contributed by atoms with van der Waals surface area (Å²) in [5.41, 5.74) is 12.5. The standard InChI is InChI=1S/C26H24FN3O3/c1-30-24-6-4-17(10-19(24)14-29-30)22-8-15(2-7-25(31)32)9-23(28)26(22)33-21-12-16-3-5-20(27)11-18(16)13-21/h3-6,8-11,14,21H,2,7,12-13,28H2,1H3,(H,31,32). The van der Waals surface area contributed by atoms with E-state index in [9.17, 15) is 9.18 Å². The summed E-state index contributed by atoms with van der Waals surface area (Å²) in [6, 6.07) is 14.6. The van der Waals surface area contributed by atoms with Gasteiger partial charge >= 0.3 is 5.97 Å². The second-order valence-corrected chi connectivity index (χ2v) is 8.56. The van der Waals surface area contributed by atoms with Gasteiger partial charge in [0.25, 0.3) is 0 Å². The van der Waals surface area contributed by atoms with Crippen LogP contribution < -0.4 is 10.5 Å². The van der Waals surface area contributed by atoms with E-state index in [-0.39, 0.29) is 18.3 Å². The number of halogens is 1. The predicted octanol–water partition coefficient (Wildman–Crippen LogP) is 4.53. The summed E-state index contributed by atoms with van der Waals surface area (Å²) < 4.78 is 21.9. The van der Waals surface area contributed by atoms with E-state index in [0.717, 1.165) is 38.7 Å². The van der Waals surface area contributed by atoms with Crippen molar-refractivity contribution in [1.29, 1.82) is 0 Å². The first-order valence-corrected chi connectivity index (χ1v) is 10.9. The Bertz CT molecular complexity index is 1380. The van der Waals surface area contributed by atoms with E-state index in [1.54, 1.807) is 18.3 Å². The third-order valence-electron chi connectivity index (χ3n) is 6.21. The van der Waals surface area contributed by atoms with Crippen LogP contribution in [0.15, 0.2) is 54.7 Å². The molecule has 0 bridgehead atoms. The van der Waals surface area contributed by atoms with Crippen LogP contribution in [0.2, 0.25) is 0 Å². The number of anilines is 1. The zero-order chi connectivity index (χ0) is 23.1. The summed E-state index contributed by atoms with van der Waals surface area (Å²) in [5.74, 6) is -0.541. The number of carboxylic acid groups (broad SMARTS) is 1. The second-order valence-electron chi connectivity index (χ2n) is 8.56. The highest BCUT2D eigenvalue weighted by Gasteiger charge is 2.25. The number of carbonyl (C=O) groups is 1. The first kappa shape index (κ1) is 21.0. The van der Waals surface area contributed by atoms with Crippen LogP contribution in [0.1, 0.15) is 23.1 Å². The van der Waals surface area contributed by atoms with E-state index in [0.29, 0.717) is 30.7 Å². The first-order chi connectivity index (χ1) is 15.9. The van der Waals surface area contributed by atoms with E-state index in [1.165, 1.54) is 6.07 Å². The predicted molar refractivity (Wildman–Crippen MR) is 125 cm³/mol. The molecule has 0 spiro atoms. The number of hydrogen-bond donors (Lipinski definition) is 2. The number of fused-ring (bicyclic) bond motifs is 2. The van der Waals surface area contributed by atoms with Crippen molar-refractivity contribution in [2.24, 2.45) is 7.05 Å². The fourth-order valence-electron chi connectivity index (χ4n) is 4.58. The maximum Gasteiger partial charge on any atom is 0.303 e.